The Labute approximate surface area is 173 Å². The van der Waals surface area contributed by atoms with Crippen molar-refractivity contribution in [1.29, 1.82) is 0 Å². The fraction of sp³-hybridized carbons (Fsp3) is 0.591. The van der Waals surface area contributed by atoms with Crippen LogP contribution in [-0.2, 0) is 35.0 Å². The van der Waals surface area contributed by atoms with Crippen molar-refractivity contribution >= 4 is 18.2 Å². The van der Waals surface area contributed by atoms with Crippen LogP contribution < -0.4 is 0 Å². The minimum atomic E-state index is -1.29. The lowest BCUT2D eigenvalue weighted by molar-refractivity contribution is -0.165. The van der Waals surface area contributed by atoms with Gasteiger partial charge in [0.15, 0.2) is 6.29 Å². The van der Waals surface area contributed by atoms with Crippen LogP contribution in [0.4, 0.5) is 0 Å². The Morgan fingerprint density at radius 1 is 1.33 bits per heavy atom. The van der Waals surface area contributed by atoms with E-state index in [2.05, 4.69) is 6.58 Å². The van der Waals surface area contributed by atoms with Crippen LogP contribution in [0.25, 0.3) is 0 Å². The molecular formula is C22H24O8. The topological polar surface area (TPSA) is 108 Å². The second-order valence-corrected chi connectivity index (χ2v) is 9.02. The molecule has 0 spiro atoms. The highest BCUT2D eigenvalue weighted by molar-refractivity contribution is 5.88. The van der Waals surface area contributed by atoms with Gasteiger partial charge >= 0.3 is 11.9 Å². The number of carbonyl (C=O) groups excluding carboxylic acids is 3. The third kappa shape index (κ3) is 2.77. The fourth-order valence-corrected chi connectivity index (χ4v) is 4.98. The van der Waals surface area contributed by atoms with Crippen molar-refractivity contribution in [2.24, 2.45) is 5.92 Å². The van der Waals surface area contributed by atoms with E-state index in [1.165, 1.54) is 6.92 Å². The zero-order valence-corrected chi connectivity index (χ0v) is 17.1. The lowest BCUT2D eigenvalue weighted by Gasteiger charge is -2.26. The van der Waals surface area contributed by atoms with E-state index in [1.807, 2.05) is 13.8 Å². The van der Waals surface area contributed by atoms with Gasteiger partial charge in [0.2, 0.25) is 5.60 Å². The van der Waals surface area contributed by atoms with Crippen LogP contribution in [-0.4, -0.2) is 47.7 Å². The van der Waals surface area contributed by atoms with Crippen molar-refractivity contribution in [3.63, 3.8) is 0 Å². The molecule has 0 aliphatic carbocycles. The first-order chi connectivity index (χ1) is 14.2. The summed E-state index contributed by atoms with van der Waals surface area (Å²) in [6, 6.07) is 1.71. The van der Waals surface area contributed by atoms with Crippen molar-refractivity contribution in [2.75, 3.05) is 0 Å². The molecule has 1 aromatic heterocycles. The van der Waals surface area contributed by atoms with Gasteiger partial charge in [-0.25, -0.2) is 4.79 Å². The molecule has 3 saturated heterocycles. The molecule has 7 atom stereocenters. The summed E-state index contributed by atoms with van der Waals surface area (Å²) in [7, 11) is 0. The van der Waals surface area contributed by atoms with Gasteiger partial charge in [0, 0.05) is 19.8 Å². The lowest BCUT2D eigenvalue weighted by Crippen LogP contribution is -2.42. The van der Waals surface area contributed by atoms with E-state index in [0.717, 1.165) is 11.9 Å². The number of rotatable bonds is 3. The molecule has 30 heavy (non-hydrogen) atoms. The molecule has 1 unspecified atom stereocenters. The summed E-state index contributed by atoms with van der Waals surface area (Å²) in [4.78, 5) is 36.3. The highest BCUT2D eigenvalue weighted by Gasteiger charge is 2.79. The highest BCUT2D eigenvalue weighted by Crippen LogP contribution is 2.59. The fourth-order valence-electron chi connectivity index (χ4n) is 4.98. The Balaban J connectivity index is 1.57. The Morgan fingerprint density at radius 2 is 2.10 bits per heavy atom. The Hall–Kier alpha value is -2.45. The van der Waals surface area contributed by atoms with Crippen LogP contribution in [0.3, 0.4) is 0 Å². The minimum absolute atomic E-state index is 0.203. The monoisotopic (exact) mass is 416 g/mol. The number of fused-ring (bicyclic) bond motifs is 4. The normalized spacial score (nSPS) is 41.2. The quantitative estimate of drug-likeness (QED) is 0.320. The molecule has 4 aliphatic heterocycles. The maximum atomic E-state index is 12.8. The maximum Gasteiger partial charge on any atom is 0.345 e. The third-order valence-corrected chi connectivity index (χ3v) is 6.75. The second-order valence-electron chi connectivity index (χ2n) is 9.02. The van der Waals surface area contributed by atoms with Gasteiger partial charge in [-0.1, -0.05) is 12.2 Å². The van der Waals surface area contributed by atoms with Crippen LogP contribution in [0.2, 0.25) is 0 Å². The Morgan fingerprint density at radius 3 is 2.73 bits per heavy atom. The number of furan rings is 1. The molecule has 8 nitrogen and oxygen atoms in total. The number of hydrogen-bond donors (Lipinski definition) is 0. The molecule has 0 N–H and O–H groups in total. The number of allylic oxidation sites excluding steroid dienone is 1. The highest BCUT2D eigenvalue weighted by atomic mass is 16.7. The molecule has 0 radical (unpaired) electrons. The molecule has 160 valence electrons. The van der Waals surface area contributed by atoms with Crippen LogP contribution in [0.1, 0.15) is 61.6 Å². The number of aldehydes is 1. The number of hydrogen-bond acceptors (Lipinski definition) is 8. The molecule has 5 heterocycles. The molecular weight excluding hydrogens is 392 g/mol. The summed E-state index contributed by atoms with van der Waals surface area (Å²) < 4.78 is 29.0. The number of ether oxygens (including phenoxy) is 4. The molecule has 0 saturated carbocycles. The first-order valence-corrected chi connectivity index (χ1v) is 10.1. The predicted molar refractivity (Wildman–Crippen MR) is 101 cm³/mol. The largest absolute Gasteiger partial charge is 0.462 e. The standard InChI is InChI=1S/C22H24O8/c1-10(2)12-5-14-13(9-23)6-15(27-14)18-21(4,29-18)8-16-19-22(30-19,20(25)28-16)17(7-12)26-11(3)24/h6,9,12,16-19H,1,5,7-8H2,2-4H3/t12?,16-,17+,18+,19-,21-,22-/m1/s1. The van der Waals surface area contributed by atoms with Crippen LogP contribution in [0, 0.1) is 5.92 Å². The van der Waals surface area contributed by atoms with Crippen LogP contribution in [0.15, 0.2) is 22.6 Å². The van der Waals surface area contributed by atoms with Crippen molar-refractivity contribution in [2.45, 2.75) is 75.7 Å². The van der Waals surface area contributed by atoms with Gasteiger partial charge in [0.25, 0.3) is 0 Å². The van der Waals surface area contributed by atoms with Gasteiger partial charge < -0.3 is 23.4 Å². The summed E-state index contributed by atoms with van der Waals surface area (Å²) in [5.74, 6) is -0.0990. The van der Waals surface area contributed by atoms with E-state index in [9.17, 15) is 14.4 Å². The van der Waals surface area contributed by atoms with Gasteiger partial charge in [0.1, 0.15) is 41.5 Å². The van der Waals surface area contributed by atoms with Gasteiger partial charge in [-0.05, 0) is 32.3 Å². The van der Waals surface area contributed by atoms with Gasteiger partial charge in [-0.15, -0.1) is 0 Å². The van der Waals surface area contributed by atoms with E-state index in [1.54, 1.807) is 6.07 Å². The minimum Gasteiger partial charge on any atom is -0.462 e. The Kier molecular flexibility index (Phi) is 4.08. The zero-order valence-electron chi connectivity index (χ0n) is 17.1. The summed E-state index contributed by atoms with van der Waals surface area (Å²) in [5.41, 5.74) is -0.606. The first kappa shape index (κ1) is 19.5. The Bertz CT molecular complexity index is 962. The summed E-state index contributed by atoms with van der Waals surface area (Å²) in [6.07, 6.45) is -0.277. The molecule has 3 fully saturated rings. The summed E-state index contributed by atoms with van der Waals surface area (Å²) >= 11 is 0. The van der Waals surface area contributed by atoms with Crippen LogP contribution >= 0.6 is 0 Å². The average molecular weight is 416 g/mol. The summed E-state index contributed by atoms with van der Waals surface area (Å²) in [5, 5.41) is 0. The van der Waals surface area contributed by atoms with Gasteiger partial charge in [-0.3, -0.25) is 9.59 Å². The molecule has 4 aliphatic rings. The van der Waals surface area contributed by atoms with Crippen molar-refractivity contribution < 1.29 is 37.7 Å². The lowest BCUT2D eigenvalue weighted by atomic mass is 9.83. The average Bonchev–Trinajstić information content (AvgIpc) is 3.49. The molecule has 0 aromatic carbocycles. The number of carbonyl (C=O) groups is 3. The van der Waals surface area contributed by atoms with Crippen molar-refractivity contribution in [3.8, 4) is 0 Å². The van der Waals surface area contributed by atoms with Crippen LogP contribution in [0.5, 0.6) is 0 Å². The maximum absolute atomic E-state index is 12.8. The predicted octanol–water partition coefficient (Wildman–Crippen LogP) is 2.45. The first-order valence-electron chi connectivity index (χ1n) is 10.1. The SMILES string of the molecule is C=C(C)C1Cc2oc(cc2C=O)[C@@H]2O[C@]2(C)C[C@H]2OC(=O)[C@@]3(O[C@H]23)[C@@H](OC(C)=O)C1. The zero-order chi connectivity index (χ0) is 21.4. The molecule has 8 heteroatoms. The van der Waals surface area contributed by atoms with E-state index < -0.39 is 41.5 Å². The van der Waals surface area contributed by atoms with Gasteiger partial charge in [-0.2, -0.15) is 0 Å². The molecule has 1 aromatic rings. The third-order valence-electron chi connectivity index (χ3n) is 6.75. The van der Waals surface area contributed by atoms with Crippen molar-refractivity contribution in [3.05, 3.63) is 35.3 Å². The van der Waals surface area contributed by atoms with E-state index in [4.69, 9.17) is 23.4 Å². The number of esters is 2. The van der Waals surface area contributed by atoms with Crippen molar-refractivity contribution in [1.82, 2.24) is 0 Å². The van der Waals surface area contributed by atoms with E-state index >= 15 is 0 Å². The smallest absolute Gasteiger partial charge is 0.345 e. The van der Waals surface area contributed by atoms with Gasteiger partial charge in [0.05, 0.1) is 5.56 Å². The van der Waals surface area contributed by atoms with E-state index in [-0.39, 0.29) is 12.0 Å². The molecule has 0 amide bonds. The van der Waals surface area contributed by atoms with E-state index in [0.29, 0.717) is 36.3 Å². The molecule has 5 rings (SSSR count). The summed E-state index contributed by atoms with van der Waals surface area (Å²) in [6.45, 7) is 9.13. The second kappa shape index (κ2) is 6.28. The number of epoxide rings is 2. The molecule has 4 bridgehead atoms.